The molecule has 1 aromatic rings. The molecule has 1 atom stereocenters. The van der Waals surface area contributed by atoms with Crippen molar-refractivity contribution in [1.82, 2.24) is 20.4 Å². The van der Waals surface area contributed by atoms with Crippen molar-refractivity contribution in [3.8, 4) is 0 Å². The van der Waals surface area contributed by atoms with E-state index in [2.05, 4.69) is 15.5 Å². The zero-order chi connectivity index (χ0) is 15.0. The molecule has 7 heteroatoms. The fourth-order valence-electron chi connectivity index (χ4n) is 2.94. The number of nitrogens with one attached hydrogen (secondary N) is 2. The van der Waals surface area contributed by atoms with Crippen LogP contribution in [0.3, 0.4) is 0 Å². The first-order chi connectivity index (χ1) is 10.1. The van der Waals surface area contributed by atoms with E-state index in [4.69, 9.17) is 5.73 Å². The van der Waals surface area contributed by atoms with Gasteiger partial charge < -0.3 is 16.0 Å². The molecular formula is C14H21N5O2. The maximum Gasteiger partial charge on any atom is 0.276 e. The standard InChI is InChI=1S/C14H21N5O2/c1-16-13(20)9-3-2-6-19(7-9)14(21)12-10(15)11(17-18-12)8-4-5-8/h8-9H,2-7,15H2,1H3,(H,16,20)(H,17,18). The van der Waals surface area contributed by atoms with Crippen molar-refractivity contribution < 1.29 is 9.59 Å². The summed E-state index contributed by atoms with van der Waals surface area (Å²) < 4.78 is 0. The molecule has 1 saturated carbocycles. The Hall–Kier alpha value is -2.05. The molecule has 2 fully saturated rings. The number of piperidine rings is 1. The highest BCUT2D eigenvalue weighted by molar-refractivity contribution is 5.98. The Morgan fingerprint density at radius 1 is 1.38 bits per heavy atom. The molecular weight excluding hydrogens is 270 g/mol. The van der Waals surface area contributed by atoms with Gasteiger partial charge in [0.1, 0.15) is 0 Å². The molecule has 2 aliphatic rings. The maximum absolute atomic E-state index is 12.6. The maximum atomic E-state index is 12.6. The number of aromatic nitrogens is 2. The van der Waals surface area contributed by atoms with Crippen LogP contribution in [-0.4, -0.2) is 47.0 Å². The Kier molecular flexibility index (Phi) is 3.57. The quantitative estimate of drug-likeness (QED) is 0.753. The minimum Gasteiger partial charge on any atom is -0.395 e. The minimum absolute atomic E-state index is 0.0128. The molecule has 114 valence electrons. The Labute approximate surface area is 123 Å². The molecule has 2 amide bonds. The molecule has 0 radical (unpaired) electrons. The highest BCUT2D eigenvalue weighted by Gasteiger charge is 2.33. The van der Waals surface area contributed by atoms with Gasteiger partial charge in [0.15, 0.2) is 5.69 Å². The predicted molar refractivity (Wildman–Crippen MR) is 77.7 cm³/mol. The van der Waals surface area contributed by atoms with E-state index in [1.165, 1.54) is 0 Å². The van der Waals surface area contributed by atoms with E-state index >= 15 is 0 Å². The summed E-state index contributed by atoms with van der Waals surface area (Å²) in [5.41, 5.74) is 7.72. The number of nitrogen functional groups attached to an aromatic ring is 1. The average Bonchev–Trinajstić information content (AvgIpc) is 3.28. The Morgan fingerprint density at radius 2 is 2.14 bits per heavy atom. The van der Waals surface area contributed by atoms with Gasteiger partial charge in [0.05, 0.1) is 17.3 Å². The summed E-state index contributed by atoms with van der Waals surface area (Å²) >= 11 is 0. The monoisotopic (exact) mass is 291 g/mol. The highest BCUT2D eigenvalue weighted by Crippen LogP contribution is 2.42. The second-order valence-corrected chi connectivity index (χ2v) is 5.88. The van der Waals surface area contributed by atoms with E-state index in [0.29, 0.717) is 30.4 Å². The van der Waals surface area contributed by atoms with Crippen LogP contribution >= 0.6 is 0 Å². The Morgan fingerprint density at radius 3 is 2.81 bits per heavy atom. The molecule has 0 aromatic carbocycles. The number of carbonyl (C=O) groups excluding carboxylic acids is 2. The lowest BCUT2D eigenvalue weighted by molar-refractivity contribution is -0.125. The van der Waals surface area contributed by atoms with Crippen LogP contribution in [0.15, 0.2) is 0 Å². The van der Waals surface area contributed by atoms with Crippen LogP contribution in [0.25, 0.3) is 0 Å². The van der Waals surface area contributed by atoms with E-state index in [-0.39, 0.29) is 17.7 Å². The summed E-state index contributed by atoms with van der Waals surface area (Å²) in [5, 5.41) is 9.65. The largest absolute Gasteiger partial charge is 0.395 e. The van der Waals surface area contributed by atoms with Crippen molar-refractivity contribution in [3.05, 3.63) is 11.4 Å². The third-order valence-electron chi connectivity index (χ3n) is 4.35. The number of nitrogens with two attached hydrogens (primary N) is 1. The second kappa shape index (κ2) is 5.38. The minimum atomic E-state index is -0.177. The average molecular weight is 291 g/mol. The van der Waals surface area contributed by atoms with Gasteiger partial charge in [0.25, 0.3) is 5.91 Å². The number of rotatable bonds is 3. The fourth-order valence-corrected chi connectivity index (χ4v) is 2.94. The van der Waals surface area contributed by atoms with Gasteiger partial charge in [-0.05, 0) is 25.7 Å². The van der Waals surface area contributed by atoms with Crippen LogP contribution in [0.4, 0.5) is 5.69 Å². The van der Waals surface area contributed by atoms with Crippen LogP contribution in [-0.2, 0) is 4.79 Å². The smallest absolute Gasteiger partial charge is 0.276 e. The lowest BCUT2D eigenvalue weighted by atomic mass is 9.97. The predicted octanol–water partition coefficient (Wildman–Crippen LogP) is 0.467. The number of amides is 2. The van der Waals surface area contributed by atoms with E-state index in [0.717, 1.165) is 31.4 Å². The Balaban J connectivity index is 1.73. The lowest BCUT2D eigenvalue weighted by Crippen LogP contribution is -2.45. The first-order valence-electron chi connectivity index (χ1n) is 7.46. The molecule has 1 aliphatic heterocycles. The molecule has 7 nitrogen and oxygen atoms in total. The summed E-state index contributed by atoms with van der Waals surface area (Å²) in [4.78, 5) is 26.0. The van der Waals surface area contributed by atoms with Gasteiger partial charge in [-0.3, -0.25) is 14.7 Å². The third-order valence-corrected chi connectivity index (χ3v) is 4.35. The Bertz CT molecular complexity index is 564. The van der Waals surface area contributed by atoms with Gasteiger partial charge in [-0.25, -0.2) is 0 Å². The topological polar surface area (TPSA) is 104 Å². The van der Waals surface area contributed by atoms with Crippen molar-refractivity contribution in [2.45, 2.75) is 31.6 Å². The first kappa shape index (κ1) is 13.9. The van der Waals surface area contributed by atoms with E-state index in [1.54, 1.807) is 11.9 Å². The molecule has 0 spiro atoms. The number of likely N-dealkylation sites (tertiary alicyclic amines) is 1. The zero-order valence-electron chi connectivity index (χ0n) is 12.2. The van der Waals surface area contributed by atoms with Crippen LogP contribution in [0.1, 0.15) is 47.8 Å². The lowest BCUT2D eigenvalue weighted by Gasteiger charge is -2.31. The number of H-pyrrole nitrogens is 1. The third kappa shape index (κ3) is 2.59. The van der Waals surface area contributed by atoms with Crippen molar-refractivity contribution in [3.63, 3.8) is 0 Å². The summed E-state index contributed by atoms with van der Waals surface area (Å²) in [7, 11) is 1.62. The molecule has 2 heterocycles. The number of nitrogens with zero attached hydrogens (tertiary/aromatic N) is 2. The summed E-state index contributed by atoms with van der Waals surface area (Å²) in [5.74, 6) is 0.0974. The normalized spacial score (nSPS) is 22.1. The van der Waals surface area contributed by atoms with Gasteiger partial charge in [0, 0.05) is 26.1 Å². The number of hydrogen-bond donors (Lipinski definition) is 3. The molecule has 1 saturated heterocycles. The van der Waals surface area contributed by atoms with Gasteiger partial charge in [0.2, 0.25) is 5.91 Å². The molecule has 0 bridgehead atoms. The van der Waals surface area contributed by atoms with Crippen LogP contribution in [0.5, 0.6) is 0 Å². The van der Waals surface area contributed by atoms with Crippen LogP contribution in [0, 0.1) is 5.92 Å². The first-order valence-corrected chi connectivity index (χ1v) is 7.46. The second-order valence-electron chi connectivity index (χ2n) is 5.88. The van der Waals surface area contributed by atoms with Crippen molar-refractivity contribution in [2.75, 3.05) is 25.9 Å². The number of carbonyl (C=O) groups is 2. The van der Waals surface area contributed by atoms with Crippen molar-refractivity contribution in [1.29, 1.82) is 0 Å². The number of aromatic amines is 1. The molecule has 1 aromatic heterocycles. The van der Waals surface area contributed by atoms with Crippen LogP contribution < -0.4 is 11.1 Å². The van der Waals surface area contributed by atoms with E-state index in [1.807, 2.05) is 0 Å². The van der Waals surface area contributed by atoms with Gasteiger partial charge in [-0.2, -0.15) is 5.10 Å². The van der Waals surface area contributed by atoms with Crippen molar-refractivity contribution in [2.24, 2.45) is 5.92 Å². The number of anilines is 1. The molecule has 1 aliphatic carbocycles. The summed E-state index contributed by atoms with van der Waals surface area (Å²) in [6, 6.07) is 0. The van der Waals surface area contributed by atoms with Crippen LogP contribution in [0.2, 0.25) is 0 Å². The zero-order valence-corrected chi connectivity index (χ0v) is 12.2. The summed E-state index contributed by atoms with van der Waals surface area (Å²) in [6.07, 6.45) is 3.83. The van der Waals surface area contributed by atoms with E-state index < -0.39 is 0 Å². The highest BCUT2D eigenvalue weighted by atomic mass is 16.2. The van der Waals surface area contributed by atoms with E-state index in [9.17, 15) is 9.59 Å². The van der Waals surface area contributed by atoms with Gasteiger partial charge in [-0.15, -0.1) is 0 Å². The molecule has 1 unspecified atom stereocenters. The molecule has 4 N–H and O–H groups in total. The number of hydrogen-bond acceptors (Lipinski definition) is 4. The fraction of sp³-hybridized carbons (Fsp3) is 0.643. The SMILES string of the molecule is CNC(=O)C1CCCN(C(=O)c2n[nH]c(C3CC3)c2N)C1. The molecule has 21 heavy (non-hydrogen) atoms. The van der Waals surface area contributed by atoms with Crippen molar-refractivity contribution >= 4 is 17.5 Å². The summed E-state index contributed by atoms with van der Waals surface area (Å²) in [6.45, 7) is 1.08. The van der Waals surface area contributed by atoms with Gasteiger partial charge >= 0.3 is 0 Å². The van der Waals surface area contributed by atoms with Gasteiger partial charge in [-0.1, -0.05) is 0 Å². The molecule has 3 rings (SSSR count).